The zero-order valence-corrected chi connectivity index (χ0v) is 19.1. The number of hydrogen-bond donors (Lipinski definition) is 1. The van der Waals surface area contributed by atoms with E-state index in [9.17, 15) is 22.4 Å². The number of ether oxygens (including phenoxy) is 2. The van der Waals surface area contributed by atoms with Crippen LogP contribution in [0.3, 0.4) is 0 Å². The molecule has 8 nitrogen and oxygen atoms in total. The van der Waals surface area contributed by atoms with E-state index in [1.165, 1.54) is 18.2 Å². The van der Waals surface area contributed by atoms with Gasteiger partial charge in [0.25, 0.3) is 0 Å². The van der Waals surface area contributed by atoms with Crippen LogP contribution in [-0.4, -0.2) is 56.7 Å². The molecule has 0 radical (unpaired) electrons. The highest BCUT2D eigenvalue weighted by atomic mass is 19.4. The highest BCUT2D eigenvalue weighted by Gasteiger charge is 2.45. The van der Waals surface area contributed by atoms with E-state index < -0.39 is 30.1 Å². The van der Waals surface area contributed by atoms with Gasteiger partial charge in [0.2, 0.25) is 5.95 Å². The number of hydrogen-bond acceptors (Lipinski definition) is 6. The maximum absolute atomic E-state index is 13.5. The predicted octanol–water partition coefficient (Wildman–Crippen LogP) is 4.83. The number of amides is 1. The molecule has 1 saturated carbocycles. The van der Waals surface area contributed by atoms with Crippen LogP contribution in [0.1, 0.15) is 33.6 Å². The summed E-state index contributed by atoms with van der Waals surface area (Å²) in [6.07, 6.45) is -3.21. The van der Waals surface area contributed by atoms with E-state index in [0.29, 0.717) is 17.8 Å². The van der Waals surface area contributed by atoms with Crippen molar-refractivity contribution in [1.82, 2.24) is 19.7 Å². The van der Waals surface area contributed by atoms with Crippen LogP contribution < -0.4 is 10.1 Å². The standard InChI is InChI=1S/C22H27F4N5O3/c1-21(2,3)34-20(32)30-10-13-7-8-14(11-30)17(13)27-18-28-19(31(29-18)12-22(24,25)26)33-16-6-4-5-15(23)9-16/h4-6,9,13-14,17H,7-8,10-12H2,1-3H3,(H,27,29)/t13-,14+,17-. The Labute approximate surface area is 194 Å². The normalized spacial score (nSPS) is 22.6. The van der Waals surface area contributed by atoms with Crippen LogP contribution >= 0.6 is 0 Å². The quantitative estimate of drug-likeness (QED) is 0.611. The lowest BCUT2D eigenvalue weighted by atomic mass is 9.92. The fourth-order valence-electron chi connectivity index (χ4n) is 4.46. The highest BCUT2D eigenvalue weighted by molar-refractivity contribution is 5.68. The first-order valence-electron chi connectivity index (χ1n) is 11.1. The molecule has 1 saturated heterocycles. The van der Waals surface area contributed by atoms with Crippen molar-refractivity contribution in [3.63, 3.8) is 0 Å². The summed E-state index contributed by atoms with van der Waals surface area (Å²) in [5.74, 6) is -0.440. The fraction of sp³-hybridized carbons (Fsp3) is 0.591. The van der Waals surface area contributed by atoms with Crippen LogP contribution in [-0.2, 0) is 11.3 Å². The highest BCUT2D eigenvalue weighted by Crippen LogP contribution is 2.39. The predicted molar refractivity (Wildman–Crippen MR) is 114 cm³/mol. The smallest absolute Gasteiger partial charge is 0.410 e. The zero-order chi connectivity index (χ0) is 24.7. The topological polar surface area (TPSA) is 81.5 Å². The Bertz CT molecular complexity index is 1020. The molecular formula is C22H27F4N5O3. The summed E-state index contributed by atoms with van der Waals surface area (Å²) in [4.78, 5) is 18.3. The van der Waals surface area contributed by atoms with Gasteiger partial charge in [0.05, 0.1) is 0 Å². The number of likely N-dealkylation sites (tertiary alicyclic amines) is 1. The van der Waals surface area contributed by atoms with Gasteiger partial charge in [-0.05, 0) is 57.6 Å². The molecule has 1 N–H and O–H groups in total. The number of nitrogens with zero attached hydrogens (tertiary/aromatic N) is 4. The van der Waals surface area contributed by atoms with Gasteiger partial charge in [0, 0.05) is 25.2 Å². The van der Waals surface area contributed by atoms with Crippen LogP contribution in [0.25, 0.3) is 0 Å². The van der Waals surface area contributed by atoms with Gasteiger partial charge in [-0.25, -0.2) is 13.9 Å². The summed E-state index contributed by atoms with van der Waals surface area (Å²) in [6, 6.07) is 4.53. The molecule has 4 rings (SSSR count). The molecule has 1 aromatic carbocycles. The second-order valence-electron chi connectivity index (χ2n) is 9.70. The van der Waals surface area contributed by atoms with Crippen molar-refractivity contribution in [1.29, 1.82) is 0 Å². The van der Waals surface area contributed by atoms with Crippen molar-refractivity contribution < 1.29 is 31.8 Å². The van der Waals surface area contributed by atoms with Crippen molar-refractivity contribution in [3.05, 3.63) is 30.1 Å². The van der Waals surface area contributed by atoms with E-state index in [-0.39, 0.29) is 35.7 Å². The zero-order valence-electron chi connectivity index (χ0n) is 19.1. The first-order valence-corrected chi connectivity index (χ1v) is 11.1. The fourth-order valence-corrected chi connectivity index (χ4v) is 4.46. The molecule has 1 aromatic heterocycles. The number of benzene rings is 1. The van der Waals surface area contributed by atoms with Gasteiger partial charge >= 0.3 is 18.3 Å². The SMILES string of the molecule is CC(C)(C)OC(=O)N1C[C@H]2CC[C@@H](C1)[C@@H]2Nc1nc(Oc2cccc(F)c2)n(CC(F)(F)F)n1. The Hall–Kier alpha value is -3.05. The van der Waals surface area contributed by atoms with Crippen LogP contribution in [0.2, 0.25) is 0 Å². The lowest BCUT2D eigenvalue weighted by Gasteiger charge is -2.38. The molecule has 2 bridgehead atoms. The minimum Gasteiger partial charge on any atom is -0.444 e. The number of anilines is 1. The van der Waals surface area contributed by atoms with E-state index in [2.05, 4.69) is 15.4 Å². The molecule has 2 aliphatic rings. The maximum atomic E-state index is 13.5. The lowest BCUT2D eigenvalue weighted by Crippen LogP contribution is -2.51. The number of aromatic nitrogens is 3. The summed E-state index contributed by atoms with van der Waals surface area (Å²) >= 11 is 0. The van der Waals surface area contributed by atoms with Gasteiger partial charge in [-0.3, -0.25) is 0 Å². The van der Waals surface area contributed by atoms with E-state index in [4.69, 9.17) is 9.47 Å². The van der Waals surface area contributed by atoms with Crippen LogP contribution in [0, 0.1) is 17.7 Å². The third-order valence-electron chi connectivity index (χ3n) is 5.75. The van der Waals surface area contributed by atoms with Crippen molar-refractivity contribution >= 4 is 12.0 Å². The van der Waals surface area contributed by atoms with Gasteiger partial charge in [-0.2, -0.15) is 18.2 Å². The summed E-state index contributed by atoms with van der Waals surface area (Å²) in [7, 11) is 0. The Morgan fingerprint density at radius 3 is 2.44 bits per heavy atom. The number of nitrogens with one attached hydrogen (secondary N) is 1. The molecule has 0 unspecified atom stereocenters. The number of carbonyl (C=O) groups is 1. The van der Waals surface area contributed by atoms with Crippen molar-refractivity contribution in [2.75, 3.05) is 18.4 Å². The molecule has 2 aromatic rings. The molecule has 12 heteroatoms. The molecular weight excluding hydrogens is 458 g/mol. The molecule has 2 heterocycles. The van der Waals surface area contributed by atoms with Gasteiger partial charge in [-0.1, -0.05) is 6.07 Å². The maximum Gasteiger partial charge on any atom is 0.410 e. The second kappa shape index (κ2) is 8.95. The summed E-state index contributed by atoms with van der Waals surface area (Å²) in [5.41, 5.74) is -0.599. The third kappa shape index (κ3) is 5.89. The number of alkyl halides is 3. The Kier molecular flexibility index (Phi) is 6.34. The van der Waals surface area contributed by atoms with E-state index in [1.54, 1.807) is 25.7 Å². The first kappa shape index (κ1) is 24.1. The first-order chi connectivity index (χ1) is 15.9. The van der Waals surface area contributed by atoms with Crippen LogP contribution in [0.5, 0.6) is 11.8 Å². The van der Waals surface area contributed by atoms with Crippen LogP contribution in [0.15, 0.2) is 24.3 Å². The molecule has 2 fully saturated rings. The minimum atomic E-state index is -4.55. The Morgan fingerprint density at radius 1 is 1.18 bits per heavy atom. The summed E-state index contributed by atoms with van der Waals surface area (Å²) < 4.78 is 64.2. The largest absolute Gasteiger partial charge is 0.444 e. The molecule has 0 spiro atoms. The monoisotopic (exact) mass is 485 g/mol. The average Bonchev–Trinajstić information content (AvgIpc) is 3.14. The minimum absolute atomic E-state index is 0.00751. The van der Waals surface area contributed by atoms with Crippen molar-refractivity contribution in [2.24, 2.45) is 11.8 Å². The number of piperidine rings is 1. The van der Waals surface area contributed by atoms with Gasteiger partial charge < -0.3 is 19.7 Å². The lowest BCUT2D eigenvalue weighted by molar-refractivity contribution is -0.143. The van der Waals surface area contributed by atoms with Gasteiger partial charge in [0.1, 0.15) is 23.7 Å². The molecule has 1 aliphatic heterocycles. The van der Waals surface area contributed by atoms with E-state index in [1.807, 2.05) is 0 Å². The molecule has 3 atom stereocenters. The van der Waals surface area contributed by atoms with Crippen molar-refractivity contribution in [2.45, 2.75) is 58.0 Å². The molecule has 1 amide bonds. The molecule has 34 heavy (non-hydrogen) atoms. The van der Waals surface area contributed by atoms with E-state index >= 15 is 0 Å². The van der Waals surface area contributed by atoms with Crippen molar-refractivity contribution in [3.8, 4) is 11.8 Å². The molecule has 186 valence electrons. The van der Waals surface area contributed by atoms with Gasteiger partial charge in [0.15, 0.2) is 0 Å². The Morgan fingerprint density at radius 2 is 1.85 bits per heavy atom. The van der Waals surface area contributed by atoms with Gasteiger partial charge in [-0.15, -0.1) is 5.10 Å². The summed E-state index contributed by atoms with van der Waals surface area (Å²) in [5, 5.41) is 7.11. The number of carbonyl (C=O) groups excluding carboxylic acids is 1. The van der Waals surface area contributed by atoms with E-state index in [0.717, 1.165) is 18.9 Å². The second-order valence-corrected chi connectivity index (χ2v) is 9.70. The number of rotatable bonds is 5. The summed E-state index contributed by atoms with van der Waals surface area (Å²) in [6.45, 7) is 4.95. The third-order valence-corrected chi connectivity index (χ3v) is 5.75. The molecule has 1 aliphatic carbocycles. The van der Waals surface area contributed by atoms with Crippen LogP contribution in [0.4, 0.5) is 28.3 Å². The average molecular weight is 485 g/mol. The Balaban J connectivity index is 1.49. The number of fused-ring (bicyclic) bond motifs is 2. The number of halogens is 4.